The summed E-state index contributed by atoms with van der Waals surface area (Å²) in [5.74, 6) is -1.31. The predicted octanol–water partition coefficient (Wildman–Crippen LogP) is 5.47. The van der Waals surface area contributed by atoms with Crippen molar-refractivity contribution in [2.45, 2.75) is 63.1 Å². The molecule has 222 valence electrons. The van der Waals surface area contributed by atoms with Crippen molar-refractivity contribution in [2.24, 2.45) is 0 Å². The van der Waals surface area contributed by atoms with Crippen molar-refractivity contribution in [3.8, 4) is 0 Å². The van der Waals surface area contributed by atoms with Crippen LogP contribution in [0, 0.1) is 0 Å². The smallest absolute Gasteiger partial charge is 0.269 e. The maximum absolute atomic E-state index is 13.9. The van der Waals surface area contributed by atoms with Crippen LogP contribution < -0.4 is 5.32 Å². The zero-order valence-electron chi connectivity index (χ0n) is 23.6. The van der Waals surface area contributed by atoms with E-state index in [-0.39, 0.29) is 54.6 Å². The highest BCUT2D eigenvalue weighted by atomic mass is 35.5. The van der Waals surface area contributed by atoms with Crippen LogP contribution in [0.4, 0.5) is 0 Å². The van der Waals surface area contributed by atoms with Crippen LogP contribution in [0.1, 0.15) is 55.1 Å². The molecule has 3 aromatic carbocycles. The lowest BCUT2D eigenvalue weighted by Gasteiger charge is -2.34. The second-order valence-electron chi connectivity index (χ2n) is 11.2. The third-order valence-electron chi connectivity index (χ3n) is 6.77. The Bertz CT molecular complexity index is 1590. The van der Waals surface area contributed by atoms with E-state index in [2.05, 4.69) is 5.32 Å². The van der Waals surface area contributed by atoms with E-state index >= 15 is 0 Å². The average Bonchev–Trinajstić information content (AvgIpc) is 3.12. The van der Waals surface area contributed by atoms with Gasteiger partial charge in [-0.05, 0) is 62.6 Å². The molecular weight excluding hydrogens is 597 g/mol. The molecule has 0 fully saturated rings. The van der Waals surface area contributed by atoms with Crippen LogP contribution >= 0.6 is 23.2 Å². The highest BCUT2D eigenvalue weighted by molar-refractivity contribution is 7.90. The molecule has 1 N–H and O–H groups in total. The molecule has 1 aliphatic heterocycles. The van der Waals surface area contributed by atoms with Gasteiger partial charge in [0.1, 0.15) is 10.9 Å². The van der Waals surface area contributed by atoms with Gasteiger partial charge in [0.15, 0.2) is 0 Å². The quantitative estimate of drug-likeness (QED) is 0.320. The molecule has 0 aromatic heterocycles. The van der Waals surface area contributed by atoms with Crippen molar-refractivity contribution in [2.75, 3.05) is 6.54 Å². The fraction of sp³-hybridized carbons (Fsp3) is 0.323. The average molecular weight is 631 g/mol. The number of carbonyl (C=O) groups excluding carboxylic acids is 3. The highest BCUT2D eigenvalue weighted by Gasteiger charge is 2.40. The summed E-state index contributed by atoms with van der Waals surface area (Å²) >= 11 is 12.4. The Morgan fingerprint density at radius 3 is 2.24 bits per heavy atom. The van der Waals surface area contributed by atoms with E-state index in [1.165, 1.54) is 17.0 Å². The molecular formula is C31H33Cl2N3O5S. The van der Waals surface area contributed by atoms with Crippen molar-refractivity contribution in [3.63, 3.8) is 0 Å². The van der Waals surface area contributed by atoms with Gasteiger partial charge in [-0.25, -0.2) is 12.7 Å². The van der Waals surface area contributed by atoms with E-state index in [0.717, 1.165) is 9.87 Å². The summed E-state index contributed by atoms with van der Waals surface area (Å²) in [6.07, 6.45) is 0.240. The summed E-state index contributed by atoms with van der Waals surface area (Å²) in [7, 11) is -3.99. The lowest BCUT2D eigenvalue weighted by molar-refractivity contribution is -0.142. The predicted molar refractivity (Wildman–Crippen MR) is 163 cm³/mol. The van der Waals surface area contributed by atoms with Crippen LogP contribution in [0.3, 0.4) is 0 Å². The second-order valence-corrected chi connectivity index (χ2v) is 13.8. The lowest BCUT2D eigenvalue weighted by atomic mass is 10.00. The third kappa shape index (κ3) is 7.32. The van der Waals surface area contributed by atoms with E-state index in [4.69, 9.17) is 23.2 Å². The Balaban J connectivity index is 1.60. The molecule has 3 aromatic rings. The topological polar surface area (TPSA) is 104 Å². The van der Waals surface area contributed by atoms with E-state index in [1.54, 1.807) is 30.3 Å². The number of amides is 3. The Kier molecular flexibility index (Phi) is 9.65. The van der Waals surface area contributed by atoms with E-state index in [9.17, 15) is 22.8 Å². The number of fused-ring (bicyclic) bond motifs is 1. The second kappa shape index (κ2) is 12.9. The van der Waals surface area contributed by atoms with E-state index < -0.39 is 27.5 Å². The molecule has 0 bridgehead atoms. The summed E-state index contributed by atoms with van der Waals surface area (Å²) in [5.41, 5.74) is 1.10. The van der Waals surface area contributed by atoms with Crippen LogP contribution in [0.25, 0.3) is 0 Å². The molecule has 1 unspecified atom stereocenters. The maximum atomic E-state index is 13.9. The number of halogens is 2. The first-order valence-corrected chi connectivity index (χ1v) is 15.7. The summed E-state index contributed by atoms with van der Waals surface area (Å²) in [6, 6.07) is 19.6. The molecule has 0 aliphatic carbocycles. The zero-order valence-corrected chi connectivity index (χ0v) is 26.0. The number of nitrogens with zero attached hydrogens (tertiary/aromatic N) is 2. The Labute approximate surface area is 256 Å². The number of sulfonamides is 1. The molecule has 0 saturated carbocycles. The molecule has 0 radical (unpaired) electrons. The first-order valence-electron chi connectivity index (χ1n) is 13.5. The minimum Gasteiger partial charge on any atom is -0.350 e. The molecule has 0 spiro atoms. The van der Waals surface area contributed by atoms with Crippen LogP contribution in [-0.2, 0) is 32.6 Å². The van der Waals surface area contributed by atoms with Crippen molar-refractivity contribution in [3.05, 3.63) is 99.5 Å². The largest absolute Gasteiger partial charge is 0.350 e. The Morgan fingerprint density at radius 1 is 0.929 bits per heavy atom. The zero-order chi connectivity index (χ0) is 30.7. The summed E-state index contributed by atoms with van der Waals surface area (Å²) in [5, 5.41) is 3.68. The SMILES string of the molecule is CC(C)(C)NC(=O)C(Cc1ccccc1)N(Cc1ccc(Cl)c(Cl)c1)C(=O)CCCN1C(=O)c2ccccc2S1(=O)=O. The Hall–Kier alpha value is -3.40. The van der Waals surface area contributed by atoms with Gasteiger partial charge in [0, 0.05) is 31.5 Å². The summed E-state index contributed by atoms with van der Waals surface area (Å²) < 4.78 is 26.8. The fourth-order valence-corrected chi connectivity index (χ4v) is 6.74. The number of carbonyl (C=O) groups is 3. The van der Waals surface area contributed by atoms with Crippen molar-refractivity contribution < 1.29 is 22.8 Å². The van der Waals surface area contributed by atoms with Crippen LogP contribution in [0.5, 0.6) is 0 Å². The van der Waals surface area contributed by atoms with Gasteiger partial charge in [-0.15, -0.1) is 0 Å². The molecule has 0 saturated heterocycles. The molecule has 1 heterocycles. The highest BCUT2D eigenvalue weighted by Crippen LogP contribution is 2.30. The normalized spacial score (nSPS) is 14.8. The molecule has 8 nitrogen and oxygen atoms in total. The molecule has 42 heavy (non-hydrogen) atoms. The summed E-state index contributed by atoms with van der Waals surface area (Å²) in [4.78, 5) is 41.8. The first kappa shape index (κ1) is 31.5. The Morgan fingerprint density at radius 2 is 1.60 bits per heavy atom. The van der Waals surface area contributed by atoms with E-state index in [0.29, 0.717) is 15.6 Å². The van der Waals surface area contributed by atoms with Gasteiger partial charge >= 0.3 is 0 Å². The van der Waals surface area contributed by atoms with Crippen molar-refractivity contribution in [1.82, 2.24) is 14.5 Å². The standard InChI is InChI=1S/C31H33Cl2N3O5S/c1-31(2,3)34-29(38)26(19-21-10-5-4-6-11-21)35(20-22-15-16-24(32)25(33)18-22)28(37)14-9-17-36-30(39)23-12-7-8-13-27(23)42(36,40)41/h4-8,10-13,15-16,18,26H,9,14,17,19-20H2,1-3H3,(H,34,38). The molecule has 11 heteroatoms. The van der Waals surface area contributed by atoms with Gasteiger partial charge in [0.05, 0.1) is 15.6 Å². The summed E-state index contributed by atoms with van der Waals surface area (Å²) in [6.45, 7) is 5.49. The minimum absolute atomic E-state index is 0.0376. The van der Waals surface area contributed by atoms with Gasteiger partial charge in [-0.1, -0.05) is 71.7 Å². The van der Waals surface area contributed by atoms with E-state index in [1.807, 2.05) is 51.1 Å². The number of hydrogen-bond donors (Lipinski definition) is 1. The van der Waals surface area contributed by atoms with Gasteiger partial charge < -0.3 is 10.2 Å². The fourth-order valence-electron chi connectivity index (χ4n) is 4.81. The van der Waals surface area contributed by atoms with Gasteiger partial charge in [0.2, 0.25) is 11.8 Å². The molecule has 1 aliphatic rings. The number of benzene rings is 3. The lowest BCUT2D eigenvalue weighted by Crippen LogP contribution is -2.54. The maximum Gasteiger partial charge on any atom is 0.269 e. The van der Waals surface area contributed by atoms with Gasteiger partial charge in [0.25, 0.3) is 15.9 Å². The van der Waals surface area contributed by atoms with Gasteiger partial charge in [-0.2, -0.15) is 0 Å². The third-order valence-corrected chi connectivity index (χ3v) is 9.35. The molecule has 1 atom stereocenters. The molecule has 4 rings (SSSR count). The van der Waals surface area contributed by atoms with Gasteiger partial charge in [-0.3, -0.25) is 14.4 Å². The monoisotopic (exact) mass is 629 g/mol. The number of rotatable bonds is 10. The van der Waals surface area contributed by atoms with Crippen molar-refractivity contribution >= 4 is 50.9 Å². The minimum atomic E-state index is -3.99. The van der Waals surface area contributed by atoms with Crippen LogP contribution in [0.2, 0.25) is 10.0 Å². The number of nitrogens with one attached hydrogen (secondary N) is 1. The van der Waals surface area contributed by atoms with Crippen LogP contribution in [-0.4, -0.2) is 53.5 Å². The van der Waals surface area contributed by atoms with Crippen LogP contribution in [0.15, 0.2) is 77.7 Å². The number of hydrogen-bond acceptors (Lipinski definition) is 5. The first-order chi connectivity index (χ1) is 19.8. The van der Waals surface area contributed by atoms with Crippen molar-refractivity contribution in [1.29, 1.82) is 0 Å². The molecule has 3 amide bonds.